The molecule has 0 radical (unpaired) electrons. The van der Waals surface area contributed by atoms with E-state index in [0.717, 1.165) is 12.1 Å². The molecular weight excluding hydrogens is 239 g/mol. The highest BCUT2D eigenvalue weighted by molar-refractivity contribution is 5.66. The average Bonchev–Trinajstić information content (AvgIpc) is 2.34. The Balaban J connectivity index is 3.08. The van der Waals surface area contributed by atoms with Gasteiger partial charge in [-0.3, -0.25) is 0 Å². The monoisotopic (exact) mass is 253 g/mol. The maximum atomic E-state index is 12.5. The first-order valence-corrected chi connectivity index (χ1v) is 5.28. The van der Waals surface area contributed by atoms with E-state index in [-0.39, 0.29) is 0 Å². The molecule has 1 rings (SSSR count). The zero-order valence-corrected chi connectivity index (χ0v) is 9.96. The van der Waals surface area contributed by atoms with Gasteiger partial charge in [-0.1, -0.05) is 24.8 Å². The minimum absolute atomic E-state index is 0.460. The van der Waals surface area contributed by atoms with Crippen LogP contribution >= 0.6 is 0 Å². The van der Waals surface area contributed by atoms with E-state index < -0.39 is 11.7 Å². The summed E-state index contributed by atoms with van der Waals surface area (Å²) < 4.78 is 37.6. The van der Waals surface area contributed by atoms with E-state index in [0.29, 0.717) is 16.8 Å². The van der Waals surface area contributed by atoms with Gasteiger partial charge in [0.05, 0.1) is 5.56 Å². The van der Waals surface area contributed by atoms with Gasteiger partial charge in [0.15, 0.2) is 0 Å². The number of benzene rings is 1. The molecule has 0 saturated heterocycles. The normalized spacial score (nSPS) is 13.6. The van der Waals surface area contributed by atoms with E-state index >= 15 is 0 Å². The second-order valence-corrected chi connectivity index (χ2v) is 3.80. The van der Waals surface area contributed by atoms with Gasteiger partial charge in [-0.05, 0) is 42.3 Å². The molecule has 0 fully saturated rings. The van der Waals surface area contributed by atoms with Gasteiger partial charge in [0, 0.05) is 5.70 Å². The summed E-state index contributed by atoms with van der Waals surface area (Å²) in [7, 11) is 0. The molecule has 1 aromatic carbocycles. The lowest BCUT2D eigenvalue weighted by Gasteiger charge is -2.08. The SMILES string of the molecule is C=C/C(N)=C/C=C(\C)c1cccc(C(F)(F)F)c1. The van der Waals surface area contributed by atoms with Crippen LogP contribution in [0, 0.1) is 0 Å². The molecular formula is C14H14F3N. The number of allylic oxidation sites excluding steroid dienone is 4. The van der Waals surface area contributed by atoms with Gasteiger partial charge in [-0.15, -0.1) is 0 Å². The molecule has 0 aromatic heterocycles. The Labute approximate surface area is 104 Å². The molecule has 0 aliphatic carbocycles. The predicted molar refractivity (Wildman–Crippen MR) is 67.6 cm³/mol. The van der Waals surface area contributed by atoms with E-state index in [1.165, 1.54) is 12.1 Å². The summed E-state index contributed by atoms with van der Waals surface area (Å²) in [6, 6.07) is 5.17. The highest BCUT2D eigenvalue weighted by atomic mass is 19.4. The molecule has 1 nitrogen and oxygen atoms in total. The second-order valence-electron chi connectivity index (χ2n) is 3.80. The molecule has 0 aliphatic rings. The van der Waals surface area contributed by atoms with E-state index in [2.05, 4.69) is 6.58 Å². The topological polar surface area (TPSA) is 26.0 Å². The largest absolute Gasteiger partial charge is 0.416 e. The first kappa shape index (κ1) is 14.1. The van der Waals surface area contributed by atoms with E-state index in [9.17, 15) is 13.2 Å². The van der Waals surface area contributed by atoms with Crippen LogP contribution in [-0.2, 0) is 6.18 Å². The van der Waals surface area contributed by atoms with Gasteiger partial charge in [0.1, 0.15) is 0 Å². The molecule has 1 aromatic rings. The molecule has 0 amide bonds. The molecule has 0 spiro atoms. The number of alkyl halides is 3. The van der Waals surface area contributed by atoms with Crippen molar-refractivity contribution in [3.63, 3.8) is 0 Å². The van der Waals surface area contributed by atoms with Crippen molar-refractivity contribution in [2.24, 2.45) is 5.73 Å². The maximum absolute atomic E-state index is 12.5. The van der Waals surface area contributed by atoms with E-state index in [1.807, 2.05) is 0 Å². The van der Waals surface area contributed by atoms with Crippen LogP contribution in [0.25, 0.3) is 5.57 Å². The lowest BCUT2D eigenvalue weighted by Crippen LogP contribution is -2.04. The second kappa shape index (κ2) is 5.58. The first-order valence-electron chi connectivity index (χ1n) is 5.28. The van der Waals surface area contributed by atoms with Gasteiger partial charge in [0.2, 0.25) is 0 Å². The zero-order valence-electron chi connectivity index (χ0n) is 9.96. The summed E-state index contributed by atoms with van der Waals surface area (Å²) in [5.74, 6) is 0. The van der Waals surface area contributed by atoms with Gasteiger partial charge in [-0.25, -0.2) is 0 Å². The molecule has 0 unspecified atom stereocenters. The van der Waals surface area contributed by atoms with E-state index in [1.54, 1.807) is 25.1 Å². The predicted octanol–water partition coefficient (Wildman–Crippen LogP) is 4.14. The Kier molecular flexibility index (Phi) is 4.37. The molecule has 0 atom stereocenters. The van der Waals surface area contributed by atoms with Crippen molar-refractivity contribution in [2.75, 3.05) is 0 Å². The van der Waals surface area contributed by atoms with Crippen molar-refractivity contribution in [3.8, 4) is 0 Å². The molecule has 0 saturated carbocycles. The standard InChI is InChI=1S/C14H14F3N/c1-3-13(18)8-7-10(2)11-5-4-6-12(9-11)14(15,16)17/h3-9H,1,18H2,2H3/b10-7+,13-8-. The van der Waals surface area contributed by atoms with Crippen molar-refractivity contribution in [3.05, 3.63) is 65.9 Å². The molecule has 0 heterocycles. The molecule has 96 valence electrons. The molecule has 18 heavy (non-hydrogen) atoms. The van der Waals surface area contributed by atoms with Crippen LogP contribution in [0.2, 0.25) is 0 Å². The van der Waals surface area contributed by atoms with Crippen LogP contribution in [-0.4, -0.2) is 0 Å². The average molecular weight is 253 g/mol. The van der Waals surface area contributed by atoms with Crippen LogP contribution in [0.3, 0.4) is 0 Å². The first-order chi connectivity index (χ1) is 8.34. The van der Waals surface area contributed by atoms with Gasteiger partial charge in [0.25, 0.3) is 0 Å². The third-order valence-electron chi connectivity index (χ3n) is 2.41. The van der Waals surface area contributed by atoms with Crippen LogP contribution in [0.1, 0.15) is 18.1 Å². The highest BCUT2D eigenvalue weighted by Crippen LogP contribution is 2.30. The maximum Gasteiger partial charge on any atom is 0.416 e. The molecule has 0 bridgehead atoms. The minimum atomic E-state index is -4.33. The Morgan fingerprint density at radius 2 is 1.94 bits per heavy atom. The van der Waals surface area contributed by atoms with Crippen molar-refractivity contribution in [1.29, 1.82) is 0 Å². The lowest BCUT2D eigenvalue weighted by atomic mass is 10.0. The van der Waals surface area contributed by atoms with Crippen molar-refractivity contribution < 1.29 is 13.2 Å². The van der Waals surface area contributed by atoms with Gasteiger partial charge in [-0.2, -0.15) is 13.2 Å². The fraction of sp³-hybridized carbons (Fsp3) is 0.143. The van der Waals surface area contributed by atoms with Crippen LogP contribution in [0.5, 0.6) is 0 Å². The van der Waals surface area contributed by atoms with Crippen LogP contribution in [0.15, 0.2) is 54.8 Å². The lowest BCUT2D eigenvalue weighted by molar-refractivity contribution is -0.137. The number of nitrogens with two attached hydrogens (primary N) is 1. The van der Waals surface area contributed by atoms with E-state index in [4.69, 9.17) is 5.73 Å². The summed E-state index contributed by atoms with van der Waals surface area (Å²) in [5, 5.41) is 0. The Morgan fingerprint density at radius 1 is 1.28 bits per heavy atom. The third-order valence-corrected chi connectivity index (χ3v) is 2.41. The smallest absolute Gasteiger partial charge is 0.399 e. The molecule has 4 heteroatoms. The fourth-order valence-electron chi connectivity index (χ4n) is 1.33. The van der Waals surface area contributed by atoms with Crippen molar-refractivity contribution in [1.82, 2.24) is 0 Å². The summed E-state index contributed by atoms with van der Waals surface area (Å²) in [6.45, 7) is 5.21. The minimum Gasteiger partial charge on any atom is -0.399 e. The Bertz CT molecular complexity index is 496. The zero-order chi connectivity index (χ0) is 13.8. The van der Waals surface area contributed by atoms with Crippen molar-refractivity contribution >= 4 is 5.57 Å². The summed E-state index contributed by atoms with van der Waals surface area (Å²) in [5.41, 5.74) is 6.53. The highest BCUT2D eigenvalue weighted by Gasteiger charge is 2.30. The number of halogens is 3. The number of hydrogen-bond acceptors (Lipinski definition) is 1. The molecule has 2 N–H and O–H groups in total. The van der Waals surface area contributed by atoms with Gasteiger partial charge < -0.3 is 5.73 Å². The quantitative estimate of drug-likeness (QED) is 0.805. The van der Waals surface area contributed by atoms with Crippen LogP contribution in [0.4, 0.5) is 13.2 Å². The summed E-state index contributed by atoms with van der Waals surface area (Å²) in [4.78, 5) is 0. The fourth-order valence-corrected chi connectivity index (χ4v) is 1.33. The summed E-state index contributed by atoms with van der Waals surface area (Å²) in [6.07, 6.45) is 0.400. The summed E-state index contributed by atoms with van der Waals surface area (Å²) >= 11 is 0. The Morgan fingerprint density at radius 3 is 2.50 bits per heavy atom. The van der Waals surface area contributed by atoms with Crippen LogP contribution < -0.4 is 5.73 Å². The van der Waals surface area contributed by atoms with Gasteiger partial charge >= 0.3 is 6.18 Å². The Hall–Kier alpha value is -1.97. The number of hydrogen-bond donors (Lipinski definition) is 1. The number of rotatable bonds is 3. The third kappa shape index (κ3) is 3.80. The van der Waals surface area contributed by atoms with Crippen molar-refractivity contribution in [2.45, 2.75) is 13.1 Å². The molecule has 0 aliphatic heterocycles.